The Hall–Kier alpha value is -4.18. The molecule has 16 heteroatoms. The maximum Gasteiger partial charge on any atom is 0.408 e. The van der Waals surface area contributed by atoms with Crippen LogP contribution in [-0.2, 0) is 29.3 Å². The van der Waals surface area contributed by atoms with Crippen molar-refractivity contribution in [1.82, 2.24) is 34.1 Å². The number of amides is 4. The van der Waals surface area contributed by atoms with Crippen molar-refractivity contribution in [3.05, 3.63) is 35.9 Å². The zero-order valence-corrected chi connectivity index (χ0v) is 32.6. The number of hydrogen-bond acceptors (Lipinski definition) is 9. The van der Waals surface area contributed by atoms with E-state index in [1.54, 1.807) is 33.8 Å². The molecule has 4 amide bonds. The summed E-state index contributed by atoms with van der Waals surface area (Å²) in [4.78, 5) is 61.7. The predicted octanol–water partition coefficient (Wildman–Crippen LogP) is 3.88. The van der Waals surface area contributed by atoms with Crippen molar-refractivity contribution in [3.8, 4) is 6.01 Å². The largest absolute Gasteiger partial charge is 0.459 e. The highest BCUT2D eigenvalue weighted by Crippen LogP contribution is 2.31. The molecule has 3 N–H and O–H groups in total. The zero-order chi connectivity index (χ0) is 38.6. The van der Waals surface area contributed by atoms with Crippen molar-refractivity contribution >= 4 is 45.1 Å². The van der Waals surface area contributed by atoms with Gasteiger partial charge in [-0.3, -0.25) is 19.0 Å². The highest BCUT2D eigenvalue weighted by Gasteiger charge is 2.47. The summed E-state index contributed by atoms with van der Waals surface area (Å²) in [5.41, 5.74) is 0.0940. The summed E-state index contributed by atoms with van der Waals surface area (Å²) >= 11 is 0. The smallest absolute Gasteiger partial charge is 0.408 e. The number of fused-ring (bicyclic) bond motifs is 2. The fourth-order valence-electron chi connectivity index (χ4n) is 6.42. The first kappa shape index (κ1) is 40.6. The number of alkyl carbamates (subject to hydrolysis) is 1. The second kappa shape index (κ2) is 16.2. The van der Waals surface area contributed by atoms with Crippen LogP contribution in [0, 0.1) is 6.92 Å². The summed E-state index contributed by atoms with van der Waals surface area (Å²) < 4.78 is 42.4. The number of nitrogens with zero attached hydrogens (tertiary/aromatic N) is 4. The van der Waals surface area contributed by atoms with Crippen LogP contribution in [0.25, 0.3) is 11.0 Å². The lowest BCUT2D eigenvalue weighted by Gasteiger charge is -2.34. The number of aryl methyl sites for hydroxylation is 1. The van der Waals surface area contributed by atoms with Crippen LogP contribution in [0.15, 0.2) is 30.4 Å². The Morgan fingerprint density at radius 2 is 1.87 bits per heavy atom. The minimum atomic E-state index is -4.20. The third kappa shape index (κ3) is 9.62. The molecule has 1 aromatic heterocycles. The Labute approximate surface area is 307 Å². The molecular formula is C36H55N7O8S. The van der Waals surface area contributed by atoms with Crippen LogP contribution in [0.5, 0.6) is 6.01 Å². The van der Waals surface area contributed by atoms with Crippen molar-refractivity contribution in [2.24, 2.45) is 0 Å². The standard InChI is InChI=1S/C36H55N7O8S/c1-10-36(32(46)40-52(48,49)41(8)9)19-15-13-11-12-14-16-26(38-34(47)51-35(5,6)7)31(45)42-22-25(21-29(42)30(44)39-36)50-33-37-27-20-24(4)17-18-28(27)43(33)23(2)3/h15,17-20,23,25-26,29H,10-14,16,21-22H2,1-9H3,(H,38,47)(H,39,44)(H,40,46)/b19-15-/t25-,26+,29+,36-/m1/s1. The molecule has 4 rings (SSSR count). The summed E-state index contributed by atoms with van der Waals surface area (Å²) in [7, 11) is -1.62. The van der Waals surface area contributed by atoms with Crippen LogP contribution in [0.2, 0.25) is 0 Å². The maximum absolute atomic E-state index is 14.4. The van der Waals surface area contributed by atoms with Crippen molar-refractivity contribution < 1.29 is 37.1 Å². The molecule has 0 spiro atoms. The molecule has 15 nitrogen and oxygen atoms in total. The predicted molar refractivity (Wildman–Crippen MR) is 197 cm³/mol. The van der Waals surface area contributed by atoms with Gasteiger partial charge in [-0.1, -0.05) is 38.0 Å². The number of ether oxygens (including phenoxy) is 2. The Bertz CT molecular complexity index is 1780. The fourth-order valence-corrected chi connectivity index (χ4v) is 7.01. The van der Waals surface area contributed by atoms with E-state index < -0.39 is 63.4 Å². The quantitative estimate of drug-likeness (QED) is 0.338. The van der Waals surface area contributed by atoms with Crippen LogP contribution in [0.4, 0.5) is 4.79 Å². The highest BCUT2D eigenvalue weighted by atomic mass is 32.2. The SMILES string of the molecule is CC[C@]1(C(=O)NS(=O)(=O)N(C)C)/C=C\CCCCC[C@H](NC(=O)OC(C)(C)C)C(=O)N2C[C@H](Oc3nc4cc(C)ccc4n3C(C)C)C[C@H]2C(=O)N1. The fraction of sp³-hybridized carbons (Fsp3) is 0.639. The number of hydrogen-bond donors (Lipinski definition) is 3. The molecule has 2 aliphatic heterocycles. The Kier molecular flexibility index (Phi) is 12.7. The number of nitrogens with one attached hydrogen (secondary N) is 3. The van der Waals surface area contributed by atoms with Crippen molar-refractivity contribution in [2.45, 2.75) is 129 Å². The van der Waals surface area contributed by atoms with E-state index in [0.29, 0.717) is 38.1 Å². The average molecular weight is 746 g/mol. The van der Waals surface area contributed by atoms with Gasteiger partial charge in [0.15, 0.2) is 0 Å². The number of benzene rings is 1. The van der Waals surface area contributed by atoms with E-state index in [1.807, 2.05) is 43.5 Å². The summed E-state index contributed by atoms with van der Waals surface area (Å²) in [5.74, 6) is -2.11. The third-order valence-electron chi connectivity index (χ3n) is 9.22. The van der Waals surface area contributed by atoms with Gasteiger partial charge < -0.3 is 25.0 Å². The van der Waals surface area contributed by atoms with Gasteiger partial charge in [0.2, 0.25) is 11.8 Å². The van der Waals surface area contributed by atoms with Crippen LogP contribution in [0.1, 0.15) is 98.1 Å². The number of carbonyl (C=O) groups is 4. The minimum Gasteiger partial charge on any atom is -0.459 e. The normalized spacial score (nSPS) is 24.3. The van der Waals surface area contributed by atoms with E-state index in [0.717, 1.165) is 20.9 Å². The molecule has 4 atom stereocenters. The summed E-state index contributed by atoms with van der Waals surface area (Å²) in [6.45, 7) is 12.8. The molecule has 0 unspecified atom stereocenters. The molecule has 0 radical (unpaired) electrons. The Balaban J connectivity index is 1.75. The van der Waals surface area contributed by atoms with Crippen LogP contribution < -0.4 is 20.1 Å². The second-order valence-corrected chi connectivity index (χ2v) is 17.0. The van der Waals surface area contributed by atoms with Gasteiger partial charge in [-0.05, 0) is 84.9 Å². The molecule has 1 aromatic carbocycles. The van der Waals surface area contributed by atoms with E-state index in [1.165, 1.54) is 25.1 Å². The lowest BCUT2D eigenvalue weighted by molar-refractivity contribution is -0.141. The van der Waals surface area contributed by atoms with Gasteiger partial charge in [-0.2, -0.15) is 17.7 Å². The van der Waals surface area contributed by atoms with Crippen molar-refractivity contribution in [3.63, 3.8) is 0 Å². The number of carbonyl (C=O) groups excluding carboxylic acids is 4. The first-order valence-corrected chi connectivity index (χ1v) is 19.4. The number of rotatable bonds is 8. The monoisotopic (exact) mass is 745 g/mol. The van der Waals surface area contributed by atoms with Gasteiger partial charge in [-0.25, -0.2) is 9.52 Å². The van der Waals surface area contributed by atoms with Crippen LogP contribution in [-0.4, -0.2) is 101 Å². The van der Waals surface area contributed by atoms with Crippen LogP contribution >= 0.6 is 0 Å². The summed E-state index contributed by atoms with van der Waals surface area (Å²) in [5, 5.41) is 5.55. The van der Waals surface area contributed by atoms with Crippen LogP contribution in [0.3, 0.4) is 0 Å². The minimum absolute atomic E-state index is 0.0140. The van der Waals surface area contributed by atoms with Gasteiger partial charge in [-0.15, -0.1) is 0 Å². The Morgan fingerprint density at radius 3 is 2.50 bits per heavy atom. The molecule has 1 saturated heterocycles. The van der Waals surface area contributed by atoms with E-state index in [2.05, 4.69) is 15.4 Å². The molecule has 1 fully saturated rings. The lowest BCUT2D eigenvalue weighted by Crippen LogP contribution is -2.62. The van der Waals surface area contributed by atoms with Gasteiger partial charge in [0.25, 0.3) is 11.9 Å². The zero-order valence-electron chi connectivity index (χ0n) is 31.8. The van der Waals surface area contributed by atoms with Gasteiger partial charge in [0.05, 0.1) is 17.6 Å². The van der Waals surface area contributed by atoms with Crippen molar-refractivity contribution in [2.75, 3.05) is 20.6 Å². The lowest BCUT2D eigenvalue weighted by atomic mass is 9.92. The van der Waals surface area contributed by atoms with E-state index in [4.69, 9.17) is 14.5 Å². The summed E-state index contributed by atoms with van der Waals surface area (Å²) in [6.07, 6.45) is 4.73. The second-order valence-electron chi connectivity index (χ2n) is 15.1. The van der Waals surface area contributed by atoms with Gasteiger partial charge >= 0.3 is 16.3 Å². The molecule has 2 aromatic rings. The molecule has 52 heavy (non-hydrogen) atoms. The molecular weight excluding hydrogens is 691 g/mol. The first-order valence-electron chi connectivity index (χ1n) is 18.0. The number of allylic oxidation sites excluding steroid dienone is 1. The number of imidazole rings is 1. The summed E-state index contributed by atoms with van der Waals surface area (Å²) in [6, 6.07) is 4.10. The third-order valence-corrected chi connectivity index (χ3v) is 10.6. The van der Waals surface area contributed by atoms with E-state index in [9.17, 15) is 27.6 Å². The average Bonchev–Trinajstić information content (AvgIpc) is 3.62. The van der Waals surface area contributed by atoms with Gasteiger partial charge in [0.1, 0.15) is 29.3 Å². The highest BCUT2D eigenvalue weighted by molar-refractivity contribution is 7.87. The topological polar surface area (TPSA) is 181 Å². The molecule has 288 valence electrons. The first-order chi connectivity index (χ1) is 24.3. The van der Waals surface area contributed by atoms with Crippen molar-refractivity contribution in [1.29, 1.82) is 0 Å². The molecule has 0 saturated carbocycles. The molecule has 3 heterocycles. The van der Waals surface area contributed by atoms with E-state index >= 15 is 0 Å². The van der Waals surface area contributed by atoms with Gasteiger partial charge in [0, 0.05) is 26.6 Å². The molecule has 2 aliphatic rings. The molecule has 0 bridgehead atoms. The maximum atomic E-state index is 14.4. The number of aromatic nitrogens is 2. The molecule has 0 aliphatic carbocycles. The Morgan fingerprint density at radius 1 is 1.15 bits per heavy atom. The van der Waals surface area contributed by atoms with E-state index in [-0.39, 0.29) is 25.4 Å².